The van der Waals surface area contributed by atoms with Gasteiger partial charge in [0.15, 0.2) is 5.78 Å². The molecular formula is C17H17NO2S. The van der Waals surface area contributed by atoms with Gasteiger partial charge in [0.05, 0.1) is 10.8 Å². The Hall–Kier alpha value is -2.20. The molecule has 0 aliphatic heterocycles. The van der Waals surface area contributed by atoms with Gasteiger partial charge in [0.25, 0.3) is 0 Å². The topological polar surface area (TPSA) is 37.4 Å². The fourth-order valence-corrected chi connectivity index (χ4v) is 2.80. The summed E-state index contributed by atoms with van der Waals surface area (Å²) in [4.78, 5) is 15.2. The van der Waals surface area contributed by atoms with Gasteiger partial charge in [-0.1, -0.05) is 18.2 Å². The minimum Gasteiger partial charge on any atom is -0.383 e. The average molecular weight is 299 g/mol. The van der Waals surface area contributed by atoms with Gasteiger partial charge in [-0.15, -0.1) is 0 Å². The molecule has 0 spiro atoms. The van der Waals surface area contributed by atoms with Gasteiger partial charge in [0.2, 0.25) is 0 Å². The maximum Gasteiger partial charge on any atom is 0.187 e. The second-order valence-electron chi connectivity index (χ2n) is 4.75. The van der Waals surface area contributed by atoms with E-state index in [0.29, 0.717) is 10.5 Å². The van der Waals surface area contributed by atoms with Crippen molar-refractivity contribution in [2.24, 2.45) is 0 Å². The first kappa shape index (κ1) is 15.2. The molecule has 0 unspecified atom stereocenters. The van der Waals surface area contributed by atoms with E-state index in [1.807, 2.05) is 44.4 Å². The molecule has 0 bridgehead atoms. The monoisotopic (exact) mass is 299 g/mol. The number of benzene rings is 2. The van der Waals surface area contributed by atoms with Crippen LogP contribution < -0.4 is 0 Å². The molecule has 4 heteroatoms. The summed E-state index contributed by atoms with van der Waals surface area (Å²) >= 11 is 0. The molecule has 3 nitrogen and oxygen atoms in total. The number of carbonyl (C=O) groups excluding carboxylic acids is 1. The van der Waals surface area contributed by atoms with Gasteiger partial charge in [-0.25, -0.2) is 4.21 Å². The number of rotatable bonds is 5. The summed E-state index contributed by atoms with van der Waals surface area (Å²) in [6.45, 7) is 0. The number of hydrogen-bond acceptors (Lipinski definition) is 3. The van der Waals surface area contributed by atoms with Crippen molar-refractivity contribution in [3.8, 4) is 0 Å². The number of carbonyl (C=O) groups is 1. The predicted octanol–water partition coefficient (Wildman–Crippen LogP) is 3.11. The Kier molecular flexibility index (Phi) is 5.06. The second kappa shape index (κ2) is 6.99. The van der Waals surface area contributed by atoms with E-state index in [-0.39, 0.29) is 5.78 Å². The van der Waals surface area contributed by atoms with Gasteiger partial charge >= 0.3 is 0 Å². The molecule has 0 radical (unpaired) electrons. The molecule has 0 saturated heterocycles. The van der Waals surface area contributed by atoms with Gasteiger partial charge in [0.1, 0.15) is 0 Å². The highest BCUT2D eigenvalue weighted by atomic mass is 32.2. The Balaban J connectivity index is 2.16. The van der Waals surface area contributed by atoms with Crippen LogP contribution in [0.1, 0.15) is 10.4 Å². The van der Waals surface area contributed by atoms with Crippen molar-refractivity contribution in [3.05, 3.63) is 72.4 Å². The van der Waals surface area contributed by atoms with Crippen molar-refractivity contribution in [1.82, 2.24) is 4.90 Å². The molecule has 0 heterocycles. The van der Waals surface area contributed by atoms with Crippen molar-refractivity contribution >= 4 is 16.6 Å². The number of nitrogens with zero attached hydrogens (tertiary/aromatic N) is 1. The van der Waals surface area contributed by atoms with E-state index in [1.165, 1.54) is 6.08 Å². The smallest absolute Gasteiger partial charge is 0.187 e. The van der Waals surface area contributed by atoms with E-state index in [1.54, 1.807) is 35.4 Å². The van der Waals surface area contributed by atoms with Crippen molar-refractivity contribution in [2.75, 3.05) is 14.1 Å². The molecule has 1 atom stereocenters. The van der Waals surface area contributed by atoms with Crippen LogP contribution in [0.2, 0.25) is 0 Å². The summed E-state index contributed by atoms with van der Waals surface area (Å²) in [6, 6.07) is 16.1. The van der Waals surface area contributed by atoms with Crippen LogP contribution in [-0.2, 0) is 10.8 Å². The first-order chi connectivity index (χ1) is 10.1. The van der Waals surface area contributed by atoms with E-state index in [0.717, 1.165) is 4.90 Å². The lowest BCUT2D eigenvalue weighted by atomic mass is 10.1. The van der Waals surface area contributed by atoms with E-state index in [2.05, 4.69) is 0 Å². The van der Waals surface area contributed by atoms with Gasteiger partial charge in [0, 0.05) is 41.7 Å². The van der Waals surface area contributed by atoms with Crippen molar-refractivity contribution < 1.29 is 9.00 Å². The molecule has 2 aromatic rings. The fourth-order valence-electron chi connectivity index (χ4n) is 1.74. The van der Waals surface area contributed by atoms with Crippen LogP contribution in [0.3, 0.4) is 0 Å². The number of hydrogen-bond donors (Lipinski definition) is 0. The van der Waals surface area contributed by atoms with Crippen LogP contribution in [-0.4, -0.2) is 29.0 Å². The normalized spacial score (nSPS) is 12.3. The Bertz CT molecular complexity index is 661. The van der Waals surface area contributed by atoms with Gasteiger partial charge < -0.3 is 4.90 Å². The molecule has 2 rings (SSSR count). The Morgan fingerprint density at radius 3 is 2.10 bits per heavy atom. The molecular weight excluding hydrogens is 282 g/mol. The zero-order valence-corrected chi connectivity index (χ0v) is 12.8. The summed E-state index contributed by atoms with van der Waals surface area (Å²) < 4.78 is 12.3. The van der Waals surface area contributed by atoms with Crippen molar-refractivity contribution in [1.29, 1.82) is 0 Å². The number of allylic oxidation sites excluding steroid dienone is 1. The third kappa shape index (κ3) is 4.13. The second-order valence-corrected chi connectivity index (χ2v) is 6.23. The first-order valence-electron chi connectivity index (χ1n) is 6.54. The molecule has 21 heavy (non-hydrogen) atoms. The lowest BCUT2D eigenvalue weighted by Crippen LogP contribution is -2.03. The molecule has 108 valence electrons. The van der Waals surface area contributed by atoms with Gasteiger partial charge in [-0.3, -0.25) is 4.79 Å². The number of ketones is 1. The summed E-state index contributed by atoms with van der Waals surface area (Å²) in [5.41, 5.74) is 0.585. The molecule has 0 aliphatic carbocycles. The minimum atomic E-state index is -1.22. The molecule has 2 aromatic carbocycles. The average Bonchev–Trinajstić information content (AvgIpc) is 2.53. The Morgan fingerprint density at radius 2 is 1.52 bits per heavy atom. The van der Waals surface area contributed by atoms with Crippen molar-refractivity contribution in [3.63, 3.8) is 0 Å². The lowest BCUT2D eigenvalue weighted by molar-refractivity contribution is 0.104. The molecule has 0 fully saturated rings. The van der Waals surface area contributed by atoms with Gasteiger partial charge in [-0.05, 0) is 36.4 Å². The van der Waals surface area contributed by atoms with E-state index in [4.69, 9.17) is 0 Å². The highest BCUT2D eigenvalue weighted by molar-refractivity contribution is 7.85. The Morgan fingerprint density at radius 1 is 0.952 bits per heavy atom. The summed E-state index contributed by atoms with van der Waals surface area (Å²) in [5.74, 6) is -0.0688. The van der Waals surface area contributed by atoms with Crippen LogP contribution in [0.25, 0.3) is 0 Å². The molecule has 0 N–H and O–H groups in total. The summed E-state index contributed by atoms with van der Waals surface area (Å²) in [6.07, 6.45) is 3.22. The Labute approximate surface area is 127 Å². The van der Waals surface area contributed by atoms with Crippen LogP contribution in [0.5, 0.6) is 0 Å². The summed E-state index contributed by atoms with van der Waals surface area (Å²) in [7, 11) is 2.50. The summed E-state index contributed by atoms with van der Waals surface area (Å²) in [5, 5.41) is 0. The van der Waals surface area contributed by atoms with E-state index < -0.39 is 10.8 Å². The van der Waals surface area contributed by atoms with E-state index >= 15 is 0 Å². The molecule has 0 amide bonds. The zero-order chi connectivity index (χ0) is 15.2. The van der Waals surface area contributed by atoms with Crippen molar-refractivity contribution in [2.45, 2.75) is 9.79 Å². The fraction of sp³-hybridized carbons (Fsp3) is 0.118. The quantitative estimate of drug-likeness (QED) is 0.629. The highest BCUT2D eigenvalue weighted by Gasteiger charge is 2.08. The minimum absolute atomic E-state index is 0.0688. The predicted molar refractivity (Wildman–Crippen MR) is 84.7 cm³/mol. The molecule has 0 saturated carbocycles. The third-order valence-corrected chi connectivity index (χ3v) is 4.23. The van der Waals surface area contributed by atoms with Crippen LogP contribution in [0.4, 0.5) is 0 Å². The van der Waals surface area contributed by atoms with Crippen LogP contribution in [0.15, 0.2) is 76.7 Å². The largest absolute Gasteiger partial charge is 0.383 e. The zero-order valence-electron chi connectivity index (χ0n) is 12.0. The standard InChI is InChI=1S/C17H17NO2S/c1-18(2)13-12-17(19)14-8-10-16(11-9-14)21(20)15-6-4-3-5-7-15/h3-13H,1-2H3/b13-12+/t21-/m1/s1. The maximum atomic E-state index is 12.3. The van der Waals surface area contributed by atoms with Crippen LogP contribution >= 0.6 is 0 Å². The van der Waals surface area contributed by atoms with E-state index in [9.17, 15) is 9.00 Å². The van der Waals surface area contributed by atoms with Gasteiger partial charge in [-0.2, -0.15) is 0 Å². The lowest BCUT2D eigenvalue weighted by Gasteiger charge is -2.04. The molecule has 0 aliphatic rings. The molecule has 0 aromatic heterocycles. The van der Waals surface area contributed by atoms with Crippen LogP contribution in [0, 0.1) is 0 Å². The highest BCUT2D eigenvalue weighted by Crippen LogP contribution is 2.17. The SMILES string of the molecule is CN(C)/C=C/C(=O)c1ccc([S@](=O)c2ccccc2)cc1. The first-order valence-corrected chi connectivity index (χ1v) is 7.69. The maximum absolute atomic E-state index is 12.3. The third-order valence-electron chi connectivity index (χ3n) is 2.83.